The first-order chi connectivity index (χ1) is 11.1. The number of oxime groups is 1. The van der Waals surface area contributed by atoms with Gasteiger partial charge in [0.15, 0.2) is 0 Å². The molecule has 1 aliphatic rings. The molecule has 0 aliphatic carbocycles. The van der Waals surface area contributed by atoms with Crippen LogP contribution in [0.5, 0.6) is 5.75 Å². The predicted molar refractivity (Wildman–Crippen MR) is 95.4 cm³/mol. The quantitative estimate of drug-likeness (QED) is 0.523. The summed E-state index contributed by atoms with van der Waals surface area (Å²) in [4.78, 5) is 16.8. The van der Waals surface area contributed by atoms with E-state index in [0.29, 0.717) is 17.0 Å². The molecule has 0 amide bonds. The van der Waals surface area contributed by atoms with Crippen LogP contribution in [0, 0.1) is 0 Å². The number of carbonyl (C=O) groups excluding carboxylic acids is 1. The van der Waals surface area contributed by atoms with Gasteiger partial charge in [-0.05, 0) is 55.6 Å². The summed E-state index contributed by atoms with van der Waals surface area (Å²) in [5.41, 5.74) is 2.59. The number of rotatable bonds is 3. The van der Waals surface area contributed by atoms with Gasteiger partial charge in [0.2, 0.25) is 0 Å². The molecule has 2 aromatic rings. The molecule has 0 aromatic heterocycles. The second-order valence-corrected chi connectivity index (χ2v) is 6.47. The summed E-state index contributed by atoms with van der Waals surface area (Å²) in [6.45, 7) is 0. The molecule has 23 heavy (non-hydrogen) atoms. The van der Waals surface area contributed by atoms with Crippen molar-refractivity contribution in [1.29, 1.82) is 0 Å². The monoisotopic (exact) mass is 435 g/mol. The zero-order valence-corrected chi connectivity index (χ0v) is 15.2. The third-order valence-electron chi connectivity index (χ3n) is 3.28. The highest BCUT2D eigenvalue weighted by molar-refractivity contribution is 9.11. The van der Waals surface area contributed by atoms with Crippen molar-refractivity contribution in [3.8, 4) is 5.75 Å². The molecule has 0 saturated heterocycles. The molecule has 116 valence electrons. The number of methoxy groups -OCH3 is 1. The molecule has 4 nitrogen and oxygen atoms in total. The highest BCUT2D eigenvalue weighted by Crippen LogP contribution is 2.35. The van der Waals surface area contributed by atoms with E-state index >= 15 is 0 Å². The van der Waals surface area contributed by atoms with Gasteiger partial charge in [0.25, 0.3) is 0 Å². The number of carbonyl (C=O) groups is 1. The average Bonchev–Trinajstić information content (AvgIpc) is 2.89. The summed E-state index contributed by atoms with van der Waals surface area (Å²) >= 11 is 6.90. The summed E-state index contributed by atoms with van der Waals surface area (Å²) in [7, 11) is 1.59. The lowest BCUT2D eigenvalue weighted by atomic mass is 10.0. The van der Waals surface area contributed by atoms with Gasteiger partial charge in [0.05, 0.1) is 21.6 Å². The van der Waals surface area contributed by atoms with Crippen LogP contribution in [0.4, 0.5) is 0 Å². The maximum Gasteiger partial charge on any atom is 0.368 e. The number of halogens is 2. The Morgan fingerprint density at radius 1 is 1.13 bits per heavy atom. The Balaban J connectivity index is 2.04. The highest BCUT2D eigenvalue weighted by Gasteiger charge is 2.26. The predicted octanol–water partition coefficient (Wildman–Crippen LogP) is 4.56. The van der Waals surface area contributed by atoms with E-state index in [1.54, 1.807) is 13.2 Å². The van der Waals surface area contributed by atoms with Crippen molar-refractivity contribution in [3.05, 3.63) is 68.1 Å². The first kappa shape index (κ1) is 16.0. The highest BCUT2D eigenvalue weighted by atomic mass is 79.9. The van der Waals surface area contributed by atoms with Gasteiger partial charge in [-0.25, -0.2) is 4.79 Å². The molecule has 0 radical (unpaired) electrons. The number of nitrogens with zero attached hydrogens (tertiary/aromatic N) is 1. The molecule has 0 bridgehead atoms. The van der Waals surface area contributed by atoms with Crippen LogP contribution < -0.4 is 4.74 Å². The maximum absolute atomic E-state index is 12.0. The zero-order chi connectivity index (χ0) is 16.4. The molecule has 0 unspecified atom stereocenters. The van der Waals surface area contributed by atoms with Crippen molar-refractivity contribution in [2.75, 3.05) is 7.11 Å². The Morgan fingerprint density at radius 2 is 1.78 bits per heavy atom. The van der Waals surface area contributed by atoms with Gasteiger partial charge in [-0.3, -0.25) is 0 Å². The van der Waals surface area contributed by atoms with Gasteiger partial charge in [0.1, 0.15) is 11.5 Å². The van der Waals surface area contributed by atoms with E-state index in [9.17, 15) is 4.79 Å². The van der Waals surface area contributed by atoms with Crippen LogP contribution in [-0.2, 0) is 9.63 Å². The molecule has 0 fully saturated rings. The molecule has 0 spiro atoms. The fourth-order valence-corrected chi connectivity index (χ4v) is 3.78. The Morgan fingerprint density at radius 3 is 2.39 bits per heavy atom. The Bertz CT molecular complexity index is 806. The van der Waals surface area contributed by atoms with Crippen molar-refractivity contribution in [3.63, 3.8) is 0 Å². The van der Waals surface area contributed by atoms with Gasteiger partial charge in [-0.1, -0.05) is 35.5 Å². The Labute approximate surface area is 150 Å². The fraction of sp³-hybridized carbons (Fsp3) is 0.0588. The smallest absolute Gasteiger partial charge is 0.368 e. The second-order valence-electron chi connectivity index (χ2n) is 4.76. The largest absolute Gasteiger partial charge is 0.494 e. The molecule has 1 aliphatic heterocycles. The van der Waals surface area contributed by atoms with Crippen LogP contribution in [0.1, 0.15) is 11.1 Å². The summed E-state index contributed by atoms with van der Waals surface area (Å²) in [6.07, 6.45) is 1.75. The van der Waals surface area contributed by atoms with E-state index in [0.717, 1.165) is 20.1 Å². The Kier molecular flexibility index (Phi) is 4.63. The normalized spacial score (nSPS) is 15.5. The van der Waals surface area contributed by atoms with E-state index in [1.165, 1.54) is 0 Å². The van der Waals surface area contributed by atoms with E-state index in [4.69, 9.17) is 9.57 Å². The van der Waals surface area contributed by atoms with Crippen LogP contribution in [0.2, 0.25) is 0 Å². The number of hydrogen-bond donors (Lipinski definition) is 0. The third-order valence-corrected chi connectivity index (χ3v) is 4.46. The molecule has 6 heteroatoms. The third kappa shape index (κ3) is 3.23. The van der Waals surface area contributed by atoms with Crippen LogP contribution in [0.15, 0.2) is 62.1 Å². The molecular formula is C17H11Br2NO3. The lowest BCUT2D eigenvalue weighted by Crippen LogP contribution is -2.06. The van der Waals surface area contributed by atoms with Crippen LogP contribution >= 0.6 is 31.9 Å². The minimum Gasteiger partial charge on any atom is -0.494 e. The van der Waals surface area contributed by atoms with Gasteiger partial charge in [-0.2, -0.15) is 0 Å². The molecule has 2 aromatic carbocycles. The lowest BCUT2D eigenvalue weighted by molar-refractivity contribution is -0.136. The van der Waals surface area contributed by atoms with Crippen LogP contribution in [-0.4, -0.2) is 18.8 Å². The second kappa shape index (κ2) is 6.68. The van der Waals surface area contributed by atoms with Gasteiger partial charge in [0, 0.05) is 5.56 Å². The average molecular weight is 437 g/mol. The number of benzene rings is 2. The van der Waals surface area contributed by atoms with E-state index in [2.05, 4.69) is 37.0 Å². The van der Waals surface area contributed by atoms with Crippen LogP contribution in [0.3, 0.4) is 0 Å². The molecular weight excluding hydrogens is 426 g/mol. The molecule has 0 N–H and O–H groups in total. The van der Waals surface area contributed by atoms with Crippen molar-refractivity contribution < 1.29 is 14.4 Å². The SMILES string of the molecule is COc1c(Br)cc(/C=C2\C(=O)ON=C2c2ccccc2)cc1Br. The van der Waals surface area contributed by atoms with Crippen molar-refractivity contribution in [1.82, 2.24) is 0 Å². The molecule has 3 rings (SSSR count). The fourth-order valence-electron chi connectivity index (χ4n) is 2.24. The molecule has 0 saturated carbocycles. The van der Waals surface area contributed by atoms with Crippen molar-refractivity contribution in [2.45, 2.75) is 0 Å². The van der Waals surface area contributed by atoms with Crippen LogP contribution in [0.25, 0.3) is 6.08 Å². The van der Waals surface area contributed by atoms with Gasteiger partial charge >= 0.3 is 5.97 Å². The van der Waals surface area contributed by atoms with E-state index in [1.807, 2.05) is 42.5 Å². The molecule has 0 atom stereocenters. The summed E-state index contributed by atoms with van der Waals surface area (Å²) < 4.78 is 6.85. The zero-order valence-electron chi connectivity index (χ0n) is 12.0. The summed E-state index contributed by atoms with van der Waals surface area (Å²) in [5, 5.41) is 3.89. The minimum absolute atomic E-state index is 0.417. The van der Waals surface area contributed by atoms with E-state index in [-0.39, 0.29) is 0 Å². The van der Waals surface area contributed by atoms with Gasteiger partial charge < -0.3 is 9.57 Å². The summed E-state index contributed by atoms with van der Waals surface area (Å²) in [5.74, 6) is 0.227. The van der Waals surface area contributed by atoms with Crippen molar-refractivity contribution in [2.24, 2.45) is 5.16 Å². The van der Waals surface area contributed by atoms with E-state index < -0.39 is 5.97 Å². The summed E-state index contributed by atoms with van der Waals surface area (Å²) in [6, 6.07) is 13.2. The number of ether oxygens (including phenoxy) is 1. The van der Waals surface area contributed by atoms with Crippen molar-refractivity contribution >= 4 is 49.6 Å². The Hall–Kier alpha value is -1.92. The first-order valence-corrected chi connectivity index (χ1v) is 8.28. The molecule has 1 heterocycles. The maximum atomic E-state index is 12.0. The number of hydrogen-bond acceptors (Lipinski definition) is 4. The lowest BCUT2D eigenvalue weighted by Gasteiger charge is -2.07. The standard InChI is InChI=1S/C17H11Br2NO3/c1-22-16-13(18)8-10(9-14(16)19)7-12-15(20-23-17(12)21)11-5-3-2-4-6-11/h2-9H,1H3/b12-7-. The first-order valence-electron chi connectivity index (χ1n) is 6.70. The van der Waals surface area contributed by atoms with Gasteiger partial charge in [-0.15, -0.1) is 0 Å². The topological polar surface area (TPSA) is 47.9 Å². The minimum atomic E-state index is -0.466.